The lowest BCUT2D eigenvalue weighted by molar-refractivity contribution is -0.143. The Morgan fingerprint density at radius 3 is 2.42 bits per heavy atom. The first-order valence-electron chi connectivity index (χ1n) is 12.4. The molecule has 0 N–H and O–H groups in total. The lowest BCUT2D eigenvalue weighted by Gasteiger charge is -2.15. The quantitative estimate of drug-likeness (QED) is 0.178. The van der Waals surface area contributed by atoms with Gasteiger partial charge in [0.05, 0.1) is 13.2 Å². The second kappa shape index (κ2) is 13.9. The molecule has 0 aromatic heterocycles. The molecule has 192 valence electrons. The largest absolute Gasteiger partial charge is 0.493 e. The molecule has 0 bridgehead atoms. The Morgan fingerprint density at radius 1 is 0.944 bits per heavy atom. The normalized spacial score (nSPS) is 10.8. The van der Waals surface area contributed by atoms with Crippen molar-refractivity contribution < 1.29 is 23.4 Å². The molecule has 0 aliphatic heterocycles. The van der Waals surface area contributed by atoms with Gasteiger partial charge in [0.25, 0.3) is 0 Å². The lowest BCUT2D eigenvalue weighted by Crippen LogP contribution is -2.06. The topological polar surface area (TPSA) is 44.8 Å². The van der Waals surface area contributed by atoms with Crippen LogP contribution in [0.25, 0.3) is 11.1 Å². The molecule has 0 saturated heterocycles. The summed E-state index contributed by atoms with van der Waals surface area (Å²) in [4.78, 5) is 11.5. The van der Waals surface area contributed by atoms with E-state index in [1.165, 1.54) is 11.6 Å². The van der Waals surface area contributed by atoms with Crippen molar-refractivity contribution in [3.63, 3.8) is 0 Å². The van der Waals surface area contributed by atoms with Gasteiger partial charge >= 0.3 is 5.97 Å². The highest BCUT2D eigenvalue weighted by Gasteiger charge is 2.11. The molecule has 0 amide bonds. The fraction of sp³-hybridized carbons (Fsp3) is 0.367. The lowest BCUT2D eigenvalue weighted by atomic mass is 9.94. The van der Waals surface area contributed by atoms with E-state index in [4.69, 9.17) is 14.2 Å². The van der Waals surface area contributed by atoms with Gasteiger partial charge in [-0.15, -0.1) is 0 Å². The minimum Gasteiger partial charge on any atom is -0.493 e. The first-order valence-corrected chi connectivity index (χ1v) is 13.5. The number of aryl methyl sites for hydroxylation is 3. The van der Waals surface area contributed by atoms with E-state index in [2.05, 4.69) is 45.0 Å². The van der Waals surface area contributed by atoms with E-state index in [1.807, 2.05) is 23.9 Å². The zero-order valence-corrected chi connectivity index (χ0v) is 22.4. The number of carbonyl (C=O) groups excluding carboxylic acids is 1. The van der Waals surface area contributed by atoms with Gasteiger partial charge in [0.15, 0.2) is 0 Å². The van der Waals surface area contributed by atoms with Gasteiger partial charge in [0, 0.05) is 18.2 Å². The molecule has 6 heteroatoms. The van der Waals surface area contributed by atoms with Crippen LogP contribution < -0.4 is 9.47 Å². The van der Waals surface area contributed by atoms with Crippen molar-refractivity contribution in [2.24, 2.45) is 0 Å². The summed E-state index contributed by atoms with van der Waals surface area (Å²) in [5.41, 5.74) is 6.08. The highest BCUT2D eigenvalue weighted by atomic mass is 32.2. The van der Waals surface area contributed by atoms with Crippen LogP contribution in [0.1, 0.15) is 42.5 Å². The fourth-order valence-corrected chi connectivity index (χ4v) is 4.59. The summed E-state index contributed by atoms with van der Waals surface area (Å²) in [5, 5.41) is 0. The minimum atomic E-state index is -0.382. The second-order valence-corrected chi connectivity index (χ2v) is 9.92. The summed E-state index contributed by atoms with van der Waals surface area (Å²) in [6.07, 6.45) is 0.453. The van der Waals surface area contributed by atoms with Gasteiger partial charge in [0.2, 0.25) is 0 Å². The molecule has 3 rings (SSSR count). The number of rotatable bonds is 13. The van der Waals surface area contributed by atoms with Crippen molar-refractivity contribution >= 4 is 17.7 Å². The van der Waals surface area contributed by atoms with Crippen molar-refractivity contribution in [2.75, 3.05) is 24.7 Å². The molecule has 0 atom stereocenters. The molecule has 4 nitrogen and oxygen atoms in total. The van der Waals surface area contributed by atoms with Crippen LogP contribution in [0, 0.1) is 19.7 Å². The van der Waals surface area contributed by atoms with Gasteiger partial charge in [-0.2, -0.15) is 11.8 Å². The molecule has 0 heterocycles. The smallest absolute Gasteiger partial charge is 0.306 e. The Hall–Kier alpha value is -2.99. The Morgan fingerprint density at radius 2 is 1.72 bits per heavy atom. The molecule has 3 aromatic carbocycles. The molecule has 0 saturated carbocycles. The molecule has 36 heavy (non-hydrogen) atoms. The van der Waals surface area contributed by atoms with E-state index in [1.54, 1.807) is 19.1 Å². The summed E-state index contributed by atoms with van der Waals surface area (Å²) in [6.45, 7) is 9.46. The first-order chi connectivity index (χ1) is 17.4. The Balaban J connectivity index is 1.64. The summed E-state index contributed by atoms with van der Waals surface area (Å²) in [6, 6.07) is 17.2. The van der Waals surface area contributed by atoms with Crippen LogP contribution >= 0.6 is 11.8 Å². The highest BCUT2D eigenvalue weighted by molar-refractivity contribution is 7.99. The first kappa shape index (κ1) is 27.6. The van der Waals surface area contributed by atoms with Gasteiger partial charge in [-0.3, -0.25) is 4.79 Å². The molecule has 0 unspecified atom stereocenters. The van der Waals surface area contributed by atoms with E-state index in [0.717, 1.165) is 39.5 Å². The highest BCUT2D eigenvalue weighted by Crippen LogP contribution is 2.32. The third-order valence-electron chi connectivity index (χ3n) is 5.76. The van der Waals surface area contributed by atoms with Crippen LogP contribution in [0.15, 0.2) is 54.6 Å². The molecule has 0 radical (unpaired) electrons. The van der Waals surface area contributed by atoms with Crippen LogP contribution in [-0.4, -0.2) is 30.7 Å². The molecule has 0 aliphatic carbocycles. The van der Waals surface area contributed by atoms with Crippen LogP contribution in [0.4, 0.5) is 4.39 Å². The van der Waals surface area contributed by atoms with Gasteiger partial charge in [-0.25, -0.2) is 4.39 Å². The number of hydrogen-bond acceptors (Lipinski definition) is 5. The van der Waals surface area contributed by atoms with E-state index >= 15 is 0 Å². The molecule has 0 fully saturated rings. The molecule has 0 spiro atoms. The Labute approximate surface area is 218 Å². The maximum atomic E-state index is 14.5. The summed E-state index contributed by atoms with van der Waals surface area (Å²) >= 11 is 1.87. The van der Waals surface area contributed by atoms with Gasteiger partial charge < -0.3 is 14.2 Å². The standard InChI is InChI=1S/C30H35FO4S/c1-5-33-29(32)13-11-24-10-12-26(19-28(24)31)35-20-23-8-7-9-25(18-23)30-21(3)16-27(17-22(30)4)34-14-15-36-6-2/h7-10,12,16-19H,5-6,11,13-15,20H2,1-4H3. The van der Waals surface area contributed by atoms with E-state index in [0.29, 0.717) is 37.6 Å². The van der Waals surface area contributed by atoms with Gasteiger partial charge in [0.1, 0.15) is 23.9 Å². The van der Waals surface area contributed by atoms with E-state index in [-0.39, 0.29) is 18.2 Å². The van der Waals surface area contributed by atoms with Crippen LogP contribution in [0.5, 0.6) is 11.5 Å². The zero-order chi connectivity index (χ0) is 25.9. The van der Waals surface area contributed by atoms with Gasteiger partial charge in [-0.05, 0) is 90.6 Å². The third-order valence-corrected chi connectivity index (χ3v) is 6.62. The number of esters is 1. The maximum Gasteiger partial charge on any atom is 0.306 e. The zero-order valence-electron chi connectivity index (χ0n) is 21.6. The van der Waals surface area contributed by atoms with Crippen LogP contribution in [0.2, 0.25) is 0 Å². The van der Waals surface area contributed by atoms with Crippen molar-refractivity contribution in [2.45, 2.75) is 47.1 Å². The number of ether oxygens (including phenoxy) is 3. The van der Waals surface area contributed by atoms with Crippen molar-refractivity contribution in [1.82, 2.24) is 0 Å². The average Bonchev–Trinajstić information content (AvgIpc) is 2.85. The number of halogens is 1. The number of thioether (sulfide) groups is 1. The second-order valence-electron chi connectivity index (χ2n) is 8.52. The van der Waals surface area contributed by atoms with Crippen LogP contribution in [0.3, 0.4) is 0 Å². The molecular weight excluding hydrogens is 475 g/mol. The monoisotopic (exact) mass is 510 g/mol. The maximum absolute atomic E-state index is 14.5. The van der Waals surface area contributed by atoms with Gasteiger partial charge in [-0.1, -0.05) is 31.2 Å². The number of carbonyl (C=O) groups is 1. The van der Waals surface area contributed by atoms with E-state index in [9.17, 15) is 9.18 Å². The third kappa shape index (κ3) is 8.02. The summed E-state index contributed by atoms with van der Waals surface area (Å²) < 4.78 is 31.2. The average molecular weight is 511 g/mol. The van der Waals surface area contributed by atoms with Crippen molar-refractivity contribution in [1.29, 1.82) is 0 Å². The van der Waals surface area contributed by atoms with Crippen molar-refractivity contribution in [3.8, 4) is 22.6 Å². The van der Waals surface area contributed by atoms with Crippen LogP contribution in [-0.2, 0) is 22.6 Å². The molecule has 3 aromatic rings. The fourth-order valence-electron chi connectivity index (χ4n) is 4.10. The van der Waals surface area contributed by atoms with E-state index < -0.39 is 0 Å². The summed E-state index contributed by atoms with van der Waals surface area (Å²) in [5.74, 6) is 2.73. The molecule has 0 aliphatic rings. The predicted molar refractivity (Wildman–Crippen MR) is 146 cm³/mol. The number of hydrogen-bond donors (Lipinski definition) is 0. The predicted octanol–water partition coefficient (Wildman–Crippen LogP) is 7.32. The minimum absolute atomic E-state index is 0.154. The van der Waals surface area contributed by atoms with Crippen molar-refractivity contribution in [3.05, 3.63) is 82.7 Å². The number of benzene rings is 3. The molecular formula is C30H35FO4S. The Kier molecular flexibility index (Phi) is 10.7. The summed E-state index contributed by atoms with van der Waals surface area (Å²) in [7, 11) is 0. The SMILES string of the molecule is CCOC(=O)CCc1ccc(OCc2cccc(-c3c(C)cc(OCCSCC)cc3C)c2)cc1F. The Bertz CT molecular complexity index is 1140.